The highest BCUT2D eigenvalue weighted by Crippen LogP contribution is 2.26. The Balaban J connectivity index is 1.22. The number of fused-ring (bicyclic) bond motifs is 1. The van der Waals surface area contributed by atoms with Crippen LogP contribution in [-0.2, 0) is 27.6 Å². The standard InChI is InChI=1S/C22H27ClN4O4S/c1-16-24-14-20-15-26(22(29)27(16)20)19-6-10-25(11-7-19)21(28)9-13-32(30,31)12-8-17-2-4-18(23)5-3-17/h2-5,14,19H,6-13,15H2,1H3. The van der Waals surface area contributed by atoms with E-state index in [1.54, 1.807) is 27.8 Å². The molecule has 2 amide bonds. The van der Waals surface area contributed by atoms with Crippen molar-refractivity contribution in [3.05, 3.63) is 52.6 Å². The minimum atomic E-state index is -3.33. The third-order valence-electron chi connectivity index (χ3n) is 6.28. The number of piperidine rings is 1. The lowest BCUT2D eigenvalue weighted by Gasteiger charge is -2.36. The first kappa shape index (κ1) is 22.8. The molecule has 3 heterocycles. The molecule has 1 aromatic carbocycles. The Labute approximate surface area is 193 Å². The van der Waals surface area contributed by atoms with E-state index in [2.05, 4.69) is 4.98 Å². The third kappa shape index (κ3) is 4.99. The second-order valence-electron chi connectivity index (χ2n) is 8.43. The third-order valence-corrected chi connectivity index (χ3v) is 8.18. The lowest BCUT2D eigenvalue weighted by Crippen LogP contribution is -2.47. The molecule has 2 aliphatic heterocycles. The summed E-state index contributed by atoms with van der Waals surface area (Å²) in [6.45, 7) is 3.42. The first-order valence-electron chi connectivity index (χ1n) is 10.8. The molecular weight excluding hydrogens is 452 g/mol. The van der Waals surface area contributed by atoms with E-state index < -0.39 is 9.84 Å². The Kier molecular flexibility index (Phi) is 6.57. The zero-order valence-electron chi connectivity index (χ0n) is 18.0. The van der Waals surface area contributed by atoms with Crippen molar-refractivity contribution >= 4 is 33.4 Å². The maximum absolute atomic E-state index is 12.7. The number of halogens is 1. The van der Waals surface area contributed by atoms with Gasteiger partial charge >= 0.3 is 6.03 Å². The fourth-order valence-electron chi connectivity index (χ4n) is 4.37. The average Bonchev–Trinajstić information content (AvgIpc) is 3.31. The molecule has 2 aromatic rings. The number of aromatic nitrogens is 2. The van der Waals surface area contributed by atoms with E-state index in [1.807, 2.05) is 24.0 Å². The SMILES string of the molecule is Cc1ncc2n1C(=O)N(C1CCN(C(=O)CCS(=O)(=O)CCc3ccc(Cl)cc3)CC1)C2. The first-order chi connectivity index (χ1) is 15.2. The number of hydrogen-bond acceptors (Lipinski definition) is 5. The van der Waals surface area contributed by atoms with Gasteiger partial charge in [0.25, 0.3) is 0 Å². The van der Waals surface area contributed by atoms with Gasteiger partial charge in [-0.25, -0.2) is 18.2 Å². The number of carbonyl (C=O) groups excluding carboxylic acids is 2. The van der Waals surface area contributed by atoms with Crippen LogP contribution in [-0.4, -0.2) is 70.3 Å². The Morgan fingerprint density at radius 3 is 2.50 bits per heavy atom. The van der Waals surface area contributed by atoms with Crippen LogP contribution < -0.4 is 0 Å². The maximum atomic E-state index is 12.7. The summed E-state index contributed by atoms with van der Waals surface area (Å²) in [5.41, 5.74) is 1.80. The minimum Gasteiger partial charge on any atom is -0.343 e. The first-order valence-corrected chi connectivity index (χ1v) is 13.0. The van der Waals surface area contributed by atoms with Crippen LogP contribution in [0.4, 0.5) is 4.79 Å². The number of amides is 2. The molecule has 1 saturated heterocycles. The quantitative estimate of drug-likeness (QED) is 0.610. The van der Waals surface area contributed by atoms with Gasteiger partial charge in [0, 0.05) is 30.6 Å². The van der Waals surface area contributed by atoms with Crippen molar-refractivity contribution in [3.8, 4) is 0 Å². The van der Waals surface area contributed by atoms with Crippen LogP contribution in [0, 0.1) is 6.92 Å². The van der Waals surface area contributed by atoms with Crippen molar-refractivity contribution in [2.75, 3.05) is 24.6 Å². The van der Waals surface area contributed by atoms with Crippen molar-refractivity contribution in [2.45, 2.75) is 45.2 Å². The Morgan fingerprint density at radius 2 is 1.84 bits per heavy atom. The van der Waals surface area contributed by atoms with E-state index in [4.69, 9.17) is 11.6 Å². The van der Waals surface area contributed by atoms with Crippen molar-refractivity contribution < 1.29 is 18.0 Å². The second-order valence-corrected chi connectivity index (χ2v) is 11.2. The number of hydrogen-bond donors (Lipinski definition) is 0. The summed E-state index contributed by atoms with van der Waals surface area (Å²) in [4.78, 5) is 33.0. The predicted octanol–water partition coefficient (Wildman–Crippen LogP) is 2.67. The van der Waals surface area contributed by atoms with E-state index in [1.165, 1.54) is 0 Å². The van der Waals surface area contributed by atoms with Crippen LogP contribution in [0.1, 0.15) is 36.3 Å². The van der Waals surface area contributed by atoms with Crippen LogP contribution in [0.5, 0.6) is 0 Å². The van der Waals surface area contributed by atoms with Crippen LogP contribution in [0.15, 0.2) is 30.5 Å². The molecule has 32 heavy (non-hydrogen) atoms. The molecule has 0 bridgehead atoms. The number of carbonyl (C=O) groups is 2. The average molecular weight is 479 g/mol. The highest BCUT2D eigenvalue weighted by molar-refractivity contribution is 7.91. The summed E-state index contributed by atoms with van der Waals surface area (Å²) in [5.74, 6) is 0.414. The monoisotopic (exact) mass is 478 g/mol. The van der Waals surface area contributed by atoms with E-state index in [-0.39, 0.29) is 35.9 Å². The Hall–Kier alpha value is -2.39. The number of aryl methyl sites for hydroxylation is 2. The lowest BCUT2D eigenvalue weighted by molar-refractivity contribution is -0.132. The molecule has 10 heteroatoms. The molecule has 8 nitrogen and oxygen atoms in total. The molecule has 4 rings (SSSR count). The van der Waals surface area contributed by atoms with Crippen LogP contribution >= 0.6 is 11.6 Å². The molecule has 0 atom stereocenters. The smallest absolute Gasteiger partial charge is 0.330 e. The summed E-state index contributed by atoms with van der Waals surface area (Å²) >= 11 is 5.85. The van der Waals surface area contributed by atoms with E-state index in [0.717, 1.165) is 11.3 Å². The molecule has 0 unspecified atom stereocenters. The Bertz CT molecular complexity index is 1110. The molecule has 1 fully saturated rings. The number of sulfone groups is 1. The van der Waals surface area contributed by atoms with Gasteiger partial charge in [-0.2, -0.15) is 0 Å². The summed E-state index contributed by atoms with van der Waals surface area (Å²) in [5, 5.41) is 0.612. The second kappa shape index (κ2) is 9.23. The number of likely N-dealkylation sites (tertiary alicyclic amines) is 1. The largest absolute Gasteiger partial charge is 0.343 e. The van der Waals surface area contributed by atoms with Gasteiger partial charge in [-0.1, -0.05) is 23.7 Å². The lowest BCUT2D eigenvalue weighted by atomic mass is 10.0. The summed E-state index contributed by atoms with van der Waals surface area (Å²) < 4.78 is 26.4. The minimum absolute atomic E-state index is 0.00736. The topological polar surface area (TPSA) is 92.6 Å². The van der Waals surface area contributed by atoms with Crippen molar-refractivity contribution in [1.29, 1.82) is 0 Å². The molecule has 1 aromatic heterocycles. The highest BCUT2D eigenvalue weighted by Gasteiger charge is 2.36. The maximum Gasteiger partial charge on any atom is 0.330 e. The molecule has 0 N–H and O–H groups in total. The van der Waals surface area contributed by atoms with Gasteiger partial charge < -0.3 is 9.80 Å². The molecule has 0 aliphatic carbocycles. The van der Waals surface area contributed by atoms with Crippen LogP contribution in [0.25, 0.3) is 0 Å². The van der Waals surface area contributed by atoms with Gasteiger partial charge in [0.15, 0.2) is 9.84 Å². The summed E-state index contributed by atoms with van der Waals surface area (Å²) in [6.07, 6.45) is 3.52. The van der Waals surface area contributed by atoms with Gasteiger partial charge in [-0.15, -0.1) is 0 Å². The number of benzene rings is 1. The van der Waals surface area contributed by atoms with Gasteiger partial charge in [0.05, 0.1) is 29.9 Å². The summed E-state index contributed by atoms with van der Waals surface area (Å²) in [7, 11) is -3.33. The van der Waals surface area contributed by atoms with Crippen molar-refractivity contribution in [3.63, 3.8) is 0 Å². The molecule has 2 aliphatic rings. The molecule has 172 valence electrons. The molecular formula is C22H27ClN4O4S. The number of nitrogens with zero attached hydrogens (tertiary/aromatic N) is 4. The molecule has 0 saturated carbocycles. The highest BCUT2D eigenvalue weighted by atomic mass is 35.5. The Morgan fingerprint density at radius 1 is 1.16 bits per heavy atom. The van der Waals surface area contributed by atoms with Gasteiger partial charge in [0.1, 0.15) is 5.82 Å². The number of rotatable bonds is 7. The molecule has 0 spiro atoms. The van der Waals surface area contributed by atoms with Gasteiger partial charge in [0.2, 0.25) is 5.91 Å². The normalized spacial score (nSPS) is 17.1. The van der Waals surface area contributed by atoms with Crippen LogP contribution in [0.3, 0.4) is 0 Å². The zero-order chi connectivity index (χ0) is 22.9. The predicted molar refractivity (Wildman–Crippen MR) is 121 cm³/mol. The summed E-state index contributed by atoms with van der Waals surface area (Å²) in [6, 6.07) is 7.13. The fraction of sp³-hybridized carbons (Fsp3) is 0.500. The van der Waals surface area contributed by atoms with Crippen molar-refractivity contribution in [2.24, 2.45) is 0 Å². The van der Waals surface area contributed by atoms with Crippen molar-refractivity contribution in [1.82, 2.24) is 19.4 Å². The molecule has 0 radical (unpaired) electrons. The van der Waals surface area contributed by atoms with Gasteiger partial charge in [-0.3, -0.25) is 9.36 Å². The fourth-order valence-corrected chi connectivity index (χ4v) is 5.74. The van der Waals surface area contributed by atoms with Gasteiger partial charge in [-0.05, 0) is 43.9 Å². The number of imidazole rings is 1. The van der Waals surface area contributed by atoms with E-state index in [9.17, 15) is 18.0 Å². The van der Waals surface area contributed by atoms with Crippen LogP contribution in [0.2, 0.25) is 5.02 Å². The van der Waals surface area contributed by atoms with E-state index >= 15 is 0 Å². The van der Waals surface area contributed by atoms with E-state index in [0.29, 0.717) is 49.7 Å². The zero-order valence-corrected chi connectivity index (χ0v) is 19.6.